The van der Waals surface area contributed by atoms with Crippen LogP contribution in [-0.2, 0) is 16.4 Å². The van der Waals surface area contributed by atoms with Crippen LogP contribution in [0.1, 0.15) is 42.4 Å². The molecule has 0 saturated heterocycles. The first kappa shape index (κ1) is 28.1. The van der Waals surface area contributed by atoms with E-state index in [2.05, 4.69) is 21.8 Å². The number of amides is 1. The summed E-state index contributed by atoms with van der Waals surface area (Å²) in [6.45, 7) is 5.96. The van der Waals surface area contributed by atoms with Crippen LogP contribution in [0.4, 0.5) is 0 Å². The van der Waals surface area contributed by atoms with E-state index in [0.717, 1.165) is 17.3 Å². The number of hydrogen-bond donors (Lipinski definition) is 3. The van der Waals surface area contributed by atoms with Gasteiger partial charge in [-0.2, -0.15) is 10.4 Å². The number of benzene rings is 2. The van der Waals surface area contributed by atoms with Gasteiger partial charge in [0.25, 0.3) is 5.91 Å². The minimum Gasteiger partial charge on any atom is -0.496 e. The van der Waals surface area contributed by atoms with Crippen molar-refractivity contribution in [3.8, 4) is 11.8 Å². The molecule has 0 fully saturated rings. The summed E-state index contributed by atoms with van der Waals surface area (Å²) >= 11 is 0. The normalized spacial score (nSPS) is 13.6. The van der Waals surface area contributed by atoms with Gasteiger partial charge in [0.05, 0.1) is 42.6 Å². The Morgan fingerprint density at radius 2 is 1.95 bits per heavy atom. The quantitative estimate of drug-likeness (QED) is 0.340. The molecule has 0 saturated carbocycles. The average Bonchev–Trinajstić information content (AvgIpc) is 3.19. The van der Waals surface area contributed by atoms with Crippen LogP contribution < -0.4 is 15.4 Å². The number of fused-ring (bicyclic) bond motifs is 1. The van der Waals surface area contributed by atoms with Crippen molar-refractivity contribution >= 4 is 26.6 Å². The first-order chi connectivity index (χ1) is 17.3. The van der Waals surface area contributed by atoms with Gasteiger partial charge >= 0.3 is 0 Å². The fourth-order valence-corrected chi connectivity index (χ4v) is 4.50. The lowest BCUT2D eigenvalue weighted by Gasteiger charge is -2.35. The average molecular weight is 528 g/mol. The van der Waals surface area contributed by atoms with E-state index in [1.165, 1.54) is 7.11 Å². The van der Waals surface area contributed by atoms with E-state index < -0.39 is 33.4 Å². The topological polar surface area (TPSA) is 146 Å². The van der Waals surface area contributed by atoms with Crippen molar-refractivity contribution in [2.45, 2.75) is 39.6 Å². The number of methoxy groups -OCH3 is 1. The minimum absolute atomic E-state index is 0.0480. The van der Waals surface area contributed by atoms with E-state index >= 15 is 0 Å². The van der Waals surface area contributed by atoms with Crippen LogP contribution in [0.5, 0.6) is 5.75 Å². The molecule has 0 bridgehead atoms. The predicted octanol–water partition coefficient (Wildman–Crippen LogP) is 2.06. The number of ether oxygens (including phenoxy) is 1. The van der Waals surface area contributed by atoms with Crippen molar-refractivity contribution in [1.82, 2.24) is 20.4 Å². The summed E-state index contributed by atoms with van der Waals surface area (Å²) in [5.41, 5.74) is 1.64. The van der Waals surface area contributed by atoms with Crippen molar-refractivity contribution in [3.63, 3.8) is 0 Å². The lowest BCUT2D eigenvalue weighted by atomic mass is 9.85. The highest BCUT2D eigenvalue weighted by molar-refractivity contribution is 7.90. The van der Waals surface area contributed by atoms with E-state index in [-0.39, 0.29) is 18.0 Å². The molecule has 2 atom stereocenters. The molecule has 3 rings (SSSR count). The molecular formula is C26H33N5O5S. The fraction of sp³-hybridized carbons (Fsp3) is 0.423. The highest BCUT2D eigenvalue weighted by Crippen LogP contribution is 2.26. The second kappa shape index (κ2) is 11.3. The number of carbonyl (C=O) groups is 1. The Morgan fingerprint density at radius 3 is 2.57 bits per heavy atom. The molecule has 1 heterocycles. The SMILES string of the molecule is COc1cc(C#N)ccc1Cn1nc(C(=O)NC(C(O)NCCS(C)(=O)=O)C(C)(C)C)c2ccccc21. The Morgan fingerprint density at radius 1 is 1.24 bits per heavy atom. The van der Waals surface area contributed by atoms with Gasteiger partial charge in [0, 0.05) is 23.8 Å². The highest BCUT2D eigenvalue weighted by Gasteiger charge is 2.34. The third-order valence-electron chi connectivity index (χ3n) is 5.97. The number of sulfone groups is 1. The Labute approximate surface area is 217 Å². The van der Waals surface area contributed by atoms with Gasteiger partial charge in [-0.3, -0.25) is 14.8 Å². The molecule has 0 aliphatic rings. The van der Waals surface area contributed by atoms with Crippen LogP contribution in [0.2, 0.25) is 0 Å². The molecule has 1 amide bonds. The number of carbonyl (C=O) groups excluding carboxylic acids is 1. The highest BCUT2D eigenvalue weighted by atomic mass is 32.2. The van der Waals surface area contributed by atoms with Crippen molar-refractivity contribution < 1.29 is 23.1 Å². The van der Waals surface area contributed by atoms with Gasteiger partial charge in [-0.15, -0.1) is 0 Å². The number of nitrogens with zero attached hydrogens (tertiary/aromatic N) is 3. The van der Waals surface area contributed by atoms with Gasteiger partial charge in [0.15, 0.2) is 5.69 Å². The second-order valence-electron chi connectivity index (χ2n) is 10.0. The van der Waals surface area contributed by atoms with Crippen LogP contribution in [0.25, 0.3) is 10.9 Å². The van der Waals surface area contributed by atoms with E-state index in [1.54, 1.807) is 28.9 Å². The van der Waals surface area contributed by atoms with Gasteiger partial charge in [-0.1, -0.05) is 45.0 Å². The smallest absolute Gasteiger partial charge is 0.272 e. The third kappa shape index (κ3) is 7.07. The van der Waals surface area contributed by atoms with Crippen molar-refractivity contribution in [2.75, 3.05) is 25.7 Å². The molecule has 0 aliphatic carbocycles. The molecule has 11 heteroatoms. The standard InChI is InChI=1S/C26H33N5O5S/c1-26(2,3)23(25(33)28-12-13-37(5,34)35)29-24(32)22-19-8-6-7-9-20(19)31(30-22)16-18-11-10-17(15-27)14-21(18)36-4/h6-11,14,23,25,28,33H,12-13,16H2,1-5H3,(H,29,32). The molecule has 2 aromatic carbocycles. The number of rotatable bonds is 10. The number of hydrogen-bond acceptors (Lipinski definition) is 8. The summed E-state index contributed by atoms with van der Waals surface area (Å²) in [5, 5.41) is 30.9. The molecule has 0 radical (unpaired) electrons. The molecule has 0 spiro atoms. The number of para-hydroxylation sites is 1. The van der Waals surface area contributed by atoms with Crippen LogP contribution in [0, 0.1) is 16.7 Å². The lowest BCUT2D eigenvalue weighted by Crippen LogP contribution is -2.56. The van der Waals surface area contributed by atoms with Crippen LogP contribution in [-0.4, -0.2) is 67.1 Å². The zero-order valence-corrected chi connectivity index (χ0v) is 22.5. The number of aliphatic hydroxyl groups excluding tert-OH is 1. The zero-order chi connectivity index (χ0) is 27.4. The van der Waals surface area contributed by atoms with Crippen LogP contribution in [0.3, 0.4) is 0 Å². The Hall–Kier alpha value is -3.46. The molecular weight excluding hydrogens is 494 g/mol. The van der Waals surface area contributed by atoms with E-state index in [1.807, 2.05) is 39.0 Å². The largest absolute Gasteiger partial charge is 0.496 e. The zero-order valence-electron chi connectivity index (χ0n) is 21.6. The second-order valence-corrected chi connectivity index (χ2v) is 12.3. The van der Waals surface area contributed by atoms with Gasteiger partial charge in [0.2, 0.25) is 0 Å². The molecule has 198 valence electrons. The Balaban J connectivity index is 1.90. The maximum atomic E-state index is 13.4. The Bertz CT molecular complexity index is 1420. The fourth-order valence-electron chi connectivity index (χ4n) is 4.01. The maximum Gasteiger partial charge on any atom is 0.272 e. The molecule has 3 N–H and O–H groups in total. The summed E-state index contributed by atoms with van der Waals surface area (Å²) in [6.07, 6.45) is -0.0548. The van der Waals surface area contributed by atoms with Gasteiger partial charge in [-0.05, 0) is 23.6 Å². The van der Waals surface area contributed by atoms with Crippen molar-refractivity contribution in [3.05, 3.63) is 59.3 Å². The van der Waals surface area contributed by atoms with Crippen molar-refractivity contribution in [2.24, 2.45) is 5.41 Å². The third-order valence-corrected chi connectivity index (χ3v) is 6.92. The Kier molecular flexibility index (Phi) is 8.58. The number of aliphatic hydroxyl groups is 1. The summed E-state index contributed by atoms with van der Waals surface area (Å²) in [4.78, 5) is 13.4. The summed E-state index contributed by atoms with van der Waals surface area (Å²) < 4.78 is 30.0. The van der Waals surface area contributed by atoms with E-state index in [0.29, 0.717) is 23.2 Å². The lowest BCUT2D eigenvalue weighted by molar-refractivity contribution is 0.0413. The van der Waals surface area contributed by atoms with Crippen molar-refractivity contribution in [1.29, 1.82) is 5.26 Å². The summed E-state index contributed by atoms with van der Waals surface area (Å²) in [7, 11) is -1.67. The molecule has 1 aromatic heterocycles. The van der Waals surface area contributed by atoms with Crippen LogP contribution in [0.15, 0.2) is 42.5 Å². The molecule has 10 nitrogen and oxygen atoms in total. The van der Waals surface area contributed by atoms with E-state index in [9.17, 15) is 23.6 Å². The van der Waals surface area contributed by atoms with Gasteiger partial charge in [-0.25, -0.2) is 8.42 Å². The van der Waals surface area contributed by atoms with Gasteiger partial charge < -0.3 is 15.2 Å². The molecule has 0 aliphatic heterocycles. The van der Waals surface area contributed by atoms with E-state index in [4.69, 9.17) is 4.74 Å². The molecule has 2 unspecified atom stereocenters. The first-order valence-electron chi connectivity index (χ1n) is 11.8. The maximum absolute atomic E-state index is 13.4. The summed E-state index contributed by atoms with van der Waals surface area (Å²) in [5.74, 6) is -0.0609. The molecule has 3 aromatic rings. The number of aromatic nitrogens is 2. The monoisotopic (exact) mass is 527 g/mol. The molecule has 37 heavy (non-hydrogen) atoms. The number of nitrogens with one attached hydrogen (secondary N) is 2. The van der Waals surface area contributed by atoms with Crippen LogP contribution >= 0.6 is 0 Å². The predicted molar refractivity (Wildman–Crippen MR) is 141 cm³/mol. The van der Waals surface area contributed by atoms with Gasteiger partial charge in [0.1, 0.15) is 21.8 Å². The first-order valence-corrected chi connectivity index (χ1v) is 13.8. The minimum atomic E-state index is -3.20. The number of nitriles is 1. The summed E-state index contributed by atoms with van der Waals surface area (Å²) in [6, 6.07) is 13.8.